The summed E-state index contributed by atoms with van der Waals surface area (Å²) in [6.45, 7) is 2.67. The van der Waals surface area contributed by atoms with Crippen molar-refractivity contribution in [3.05, 3.63) is 23.8 Å². The summed E-state index contributed by atoms with van der Waals surface area (Å²) < 4.78 is 10.7. The zero-order chi connectivity index (χ0) is 19.7. The van der Waals surface area contributed by atoms with Gasteiger partial charge in [0, 0.05) is 43.2 Å². The van der Waals surface area contributed by atoms with Crippen molar-refractivity contribution < 1.29 is 14.3 Å². The number of hydrogen-bond donors (Lipinski definition) is 1. The van der Waals surface area contributed by atoms with Crippen molar-refractivity contribution in [2.75, 3.05) is 51.0 Å². The van der Waals surface area contributed by atoms with Gasteiger partial charge in [-0.3, -0.25) is 4.79 Å². The molecule has 1 amide bonds. The Morgan fingerprint density at radius 1 is 1.07 bits per heavy atom. The smallest absolute Gasteiger partial charge is 0.249 e. The first-order valence-electron chi connectivity index (χ1n) is 9.53. The molecule has 0 bridgehead atoms. The van der Waals surface area contributed by atoms with Crippen molar-refractivity contribution >= 4 is 28.6 Å². The number of ether oxygens (including phenoxy) is 2. The van der Waals surface area contributed by atoms with E-state index in [2.05, 4.69) is 20.9 Å². The van der Waals surface area contributed by atoms with Gasteiger partial charge in [0.25, 0.3) is 0 Å². The molecule has 1 aromatic heterocycles. The monoisotopic (exact) mass is 383 g/mol. The van der Waals surface area contributed by atoms with Crippen LogP contribution in [0.5, 0.6) is 11.5 Å². The second-order valence-corrected chi connectivity index (χ2v) is 7.03. The van der Waals surface area contributed by atoms with E-state index in [-0.39, 0.29) is 5.91 Å². The molecule has 148 valence electrons. The molecule has 1 fully saturated rings. The summed E-state index contributed by atoms with van der Waals surface area (Å²) >= 11 is 0. The Morgan fingerprint density at radius 2 is 1.79 bits per heavy atom. The molecular weight excluding hydrogens is 358 g/mol. The van der Waals surface area contributed by atoms with E-state index in [1.807, 2.05) is 11.0 Å². The number of nitrogens with two attached hydrogens (primary N) is 1. The van der Waals surface area contributed by atoms with E-state index in [0.29, 0.717) is 55.0 Å². The number of carbonyl (C=O) groups excluding carboxylic acids is 1. The number of rotatable bonds is 4. The number of amides is 1. The van der Waals surface area contributed by atoms with E-state index in [9.17, 15) is 4.79 Å². The van der Waals surface area contributed by atoms with Crippen molar-refractivity contribution in [2.45, 2.75) is 19.3 Å². The van der Waals surface area contributed by atoms with Crippen molar-refractivity contribution in [3.8, 4) is 11.5 Å². The number of methoxy groups -OCH3 is 2. The summed E-state index contributed by atoms with van der Waals surface area (Å²) in [4.78, 5) is 25.7. The van der Waals surface area contributed by atoms with Gasteiger partial charge < -0.3 is 25.0 Å². The van der Waals surface area contributed by atoms with Gasteiger partial charge in [0.1, 0.15) is 5.82 Å². The quantitative estimate of drug-likeness (QED) is 0.863. The summed E-state index contributed by atoms with van der Waals surface area (Å²) in [5, 5.41) is 0.725. The fraction of sp³-hybridized carbons (Fsp3) is 0.450. The fourth-order valence-electron chi connectivity index (χ4n) is 3.79. The van der Waals surface area contributed by atoms with Crippen LogP contribution in [0, 0.1) is 0 Å². The lowest BCUT2D eigenvalue weighted by molar-refractivity contribution is -0.127. The van der Waals surface area contributed by atoms with E-state index >= 15 is 0 Å². The van der Waals surface area contributed by atoms with Gasteiger partial charge in [0.15, 0.2) is 11.5 Å². The highest BCUT2D eigenvalue weighted by Gasteiger charge is 2.26. The molecule has 2 aliphatic rings. The molecule has 2 N–H and O–H groups in total. The number of anilines is 2. The minimum atomic E-state index is 0.174. The lowest BCUT2D eigenvalue weighted by Gasteiger charge is -2.35. The van der Waals surface area contributed by atoms with Crippen LogP contribution in [0.1, 0.15) is 19.3 Å². The highest BCUT2D eigenvalue weighted by atomic mass is 16.5. The summed E-state index contributed by atoms with van der Waals surface area (Å²) in [6, 6.07) is 3.60. The normalized spacial score (nSPS) is 17.0. The van der Waals surface area contributed by atoms with E-state index in [4.69, 9.17) is 15.2 Å². The molecule has 2 heterocycles. The number of carbonyl (C=O) groups is 1. The van der Waals surface area contributed by atoms with Crippen LogP contribution < -0.4 is 20.1 Å². The second-order valence-electron chi connectivity index (χ2n) is 7.03. The van der Waals surface area contributed by atoms with Crippen molar-refractivity contribution in [1.82, 2.24) is 14.9 Å². The standard InChI is InChI=1S/C20H25N5O3/c1-27-16-11-14-15(12-17(16)28-2)22-20(23-18(14)21)25-9-7-24(8-10-25)19(26)13-5-3-4-6-13/h5,11-12H,3-4,6-10H2,1-2H3,(H2,21,22,23). The molecule has 0 saturated carbocycles. The first kappa shape index (κ1) is 18.3. The maximum absolute atomic E-state index is 12.6. The van der Waals surface area contributed by atoms with Crippen molar-refractivity contribution in [2.24, 2.45) is 0 Å². The zero-order valence-electron chi connectivity index (χ0n) is 16.3. The maximum Gasteiger partial charge on any atom is 0.249 e. The number of nitrogen functional groups attached to an aromatic ring is 1. The third-order valence-corrected chi connectivity index (χ3v) is 5.38. The van der Waals surface area contributed by atoms with E-state index in [1.54, 1.807) is 20.3 Å². The summed E-state index contributed by atoms with van der Waals surface area (Å²) in [7, 11) is 3.17. The minimum Gasteiger partial charge on any atom is -0.493 e. The third kappa shape index (κ3) is 3.30. The SMILES string of the molecule is COc1cc2nc(N3CCN(C(=O)C4=CCCC4)CC3)nc(N)c2cc1OC. The molecular formula is C20H25N5O3. The van der Waals surface area contributed by atoms with Crippen LogP contribution in [0.4, 0.5) is 11.8 Å². The molecule has 0 radical (unpaired) electrons. The highest BCUT2D eigenvalue weighted by molar-refractivity contribution is 5.94. The van der Waals surface area contributed by atoms with Gasteiger partial charge in [-0.1, -0.05) is 6.08 Å². The number of aromatic nitrogens is 2. The average molecular weight is 383 g/mol. The van der Waals surface area contributed by atoms with Crippen molar-refractivity contribution in [3.63, 3.8) is 0 Å². The van der Waals surface area contributed by atoms with Gasteiger partial charge in [-0.05, 0) is 25.3 Å². The molecule has 1 aliphatic heterocycles. The molecule has 1 saturated heterocycles. The predicted molar refractivity (Wildman–Crippen MR) is 108 cm³/mol. The van der Waals surface area contributed by atoms with Gasteiger partial charge in [0.05, 0.1) is 19.7 Å². The number of allylic oxidation sites excluding steroid dienone is 1. The van der Waals surface area contributed by atoms with E-state index < -0.39 is 0 Å². The van der Waals surface area contributed by atoms with E-state index in [0.717, 1.165) is 30.2 Å². The first-order chi connectivity index (χ1) is 13.6. The van der Waals surface area contributed by atoms with Crippen LogP contribution in [0.3, 0.4) is 0 Å². The maximum atomic E-state index is 12.6. The Labute approximate surface area is 163 Å². The highest BCUT2D eigenvalue weighted by Crippen LogP contribution is 2.34. The largest absolute Gasteiger partial charge is 0.493 e. The molecule has 8 heteroatoms. The zero-order valence-corrected chi connectivity index (χ0v) is 16.3. The third-order valence-electron chi connectivity index (χ3n) is 5.38. The molecule has 28 heavy (non-hydrogen) atoms. The average Bonchev–Trinajstić information content (AvgIpc) is 3.27. The number of hydrogen-bond acceptors (Lipinski definition) is 7. The first-order valence-corrected chi connectivity index (χ1v) is 9.53. The topological polar surface area (TPSA) is 93.8 Å². The number of piperazine rings is 1. The number of nitrogens with zero attached hydrogens (tertiary/aromatic N) is 4. The van der Waals surface area contributed by atoms with Crippen LogP contribution in [0.2, 0.25) is 0 Å². The van der Waals surface area contributed by atoms with Crippen LogP contribution in [-0.4, -0.2) is 61.2 Å². The molecule has 1 aromatic carbocycles. The Morgan fingerprint density at radius 3 is 2.43 bits per heavy atom. The minimum absolute atomic E-state index is 0.174. The van der Waals surface area contributed by atoms with Gasteiger partial charge in [-0.15, -0.1) is 0 Å². The number of fused-ring (bicyclic) bond motifs is 1. The Hall–Kier alpha value is -3.03. The lowest BCUT2D eigenvalue weighted by Crippen LogP contribution is -2.49. The number of benzene rings is 1. The molecule has 0 unspecified atom stereocenters. The van der Waals surface area contributed by atoms with Crippen LogP contribution in [-0.2, 0) is 4.79 Å². The Balaban J connectivity index is 1.54. The predicted octanol–water partition coefficient (Wildman–Crippen LogP) is 1.99. The summed E-state index contributed by atoms with van der Waals surface area (Å²) in [5.41, 5.74) is 7.85. The molecule has 2 aromatic rings. The van der Waals surface area contributed by atoms with Crippen LogP contribution in [0.15, 0.2) is 23.8 Å². The molecule has 1 aliphatic carbocycles. The van der Waals surface area contributed by atoms with Crippen molar-refractivity contribution in [1.29, 1.82) is 0 Å². The fourth-order valence-corrected chi connectivity index (χ4v) is 3.79. The van der Waals surface area contributed by atoms with Gasteiger partial charge in [-0.25, -0.2) is 4.98 Å². The second kappa shape index (κ2) is 7.53. The molecule has 8 nitrogen and oxygen atoms in total. The summed E-state index contributed by atoms with van der Waals surface area (Å²) in [6.07, 6.45) is 5.07. The Kier molecular flexibility index (Phi) is 4.93. The van der Waals surface area contributed by atoms with Gasteiger partial charge in [0.2, 0.25) is 11.9 Å². The van der Waals surface area contributed by atoms with Gasteiger partial charge >= 0.3 is 0 Å². The van der Waals surface area contributed by atoms with Crippen LogP contribution in [0.25, 0.3) is 10.9 Å². The molecule has 4 rings (SSSR count). The molecule has 0 spiro atoms. The Bertz CT molecular complexity index is 935. The molecule has 0 atom stereocenters. The van der Waals surface area contributed by atoms with E-state index in [1.165, 1.54) is 0 Å². The van der Waals surface area contributed by atoms with Gasteiger partial charge in [-0.2, -0.15) is 4.98 Å². The lowest BCUT2D eigenvalue weighted by atomic mass is 10.2. The summed E-state index contributed by atoms with van der Waals surface area (Å²) in [5.74, 6) is 2.33. The van der Waals surface area contributed by atoms with Crippen LogP contribution >= 0.6 is 0 Å².